The number of methoxy groups -OCH3 is 2. The van der Waals surface area contributed by atoms with Crippen molar-refractivity contribution in [2.24, 2.45) is 5.92 Å². The zero-order valence-corrected chi connectivity index (χ0v) is 21.1. The normalized spacial score (nSPS) is 11.3. The van der Waals surface area contributed by atoms with Gasteiger partial charge in [0.25, 0.3) is 5.56 Å². The summed E-state index contributed by atoms with van der Waals surface area (Å²) in [6.45, 7) is 4.76. The molecule has 0 saturated heterocycles. The van der Waals surface area contributed by atoms with Gasteiger partial charge < -0.3 is 14.8 Å². The highest BCUT2D eigenvalue weighted by atomic mass is 32.2. The van der Waals surface area contributed by atoms with E-state index >= 15 is 0 Å². The molecule has 0 radical (unpaired) electrons. The molecule has 3 aromatic heterocycles. The first-order valence-electron chi connectivity index (χ1n) is 10.8. The van der Waals surface area contributed by atoms with Crippen molar-refractivity contribution in [1.82, 2.24) is 14.5 Å². The van der Waals surface area contributed by atoms with Gasteiger partial charge in [-0.15, -0.1) is 11.3 Å². The minimum Gasteiger partial charge on any atom is -0.497 e. The highest BCUT2D eigenvalue weighted by Gasteiger charge is 2.18. The summed E-state index contributed by atoms with van der Waals surface area (Å²) in [4.78, 5) is 36.1. The molecule has 178 valence electrons. The first-order chi connectivity index (χ1) is 16.4. The lowest BCUT2D eigenvalue weighted by atomic mass is 10.1. The van der Waals surface area contributed by atoms with E-state index in [0.717, 1.165) is 16.6 Å². The van der Waals surface area contributed by atoms with E-state index in [1.165, 1.54) is 23.1 Å². The molecular weight excluding hydrogens is 472 g/mol. The number of pyridine rings is 1. The summed E-state index contributed by atoms with van der Waals surface area (Å²) in [5.74, 6) is 1.41. The maximum Gasteiger partial charge on any atom is 0.272 e. The molecule has 0 saturated carbocycles. The minimum atomic E-state index is -0.238. The van der Waals surface area contributed by atoms with Crippen molar-refractivity contribution in [3.05, 3.63) is 46.9 Å². The number of anilines is 1. The summed E-state index contributed by atoms with van der Waals surface area (Å²) in [5.41, 5.74) is 1.06. The molecule has 0 spiro atoms. The summed E-state index contributed by atoms with van der Waals surface area (Å²) < 4.78 is 12.9. The van der Waals surface area contributed by atoms with Crippen LogP contribution in [-0.2, 0) is 11.3 Å². The number of hydrogen-bond donors (Lipinski definition) is 1. The fourth-order valence-corrected chi connectivity index (χ4v) is 5.31. The third kappa shape index (κ3) is 5.02. The topological polar surface area (TPSA) is 95.3 Å². The van der Waals surface area contributed by atoms with E-state index in [4.69, 9.17) is 14.5 Å². The van der Waals surface area contributed by atoms with Crippen molar-refractivity contribution in [2.75, 3.05) is 25.3 Å². The zero-order chi connectivity index (χ0) is 24.2. The first kappa shape index (κ1) is 24.0. The van der Waals surface area contributed by atoms with Gasteiger partial charge >= 0.3 is 0 Å². The Morgan fingerprint density at radius 1 is 1.24 bits per heavy atom. The minimum absolute atomic E-state index is 0.0836. The third-order valence-electron chi connectivity index (χ3n) is 5.26. The Morgan fingerprint density at radius 2 is 2.06 bits per heavy atom. The van der Waals surface area contributed by atoms with Gasteiger partial charge in [0.2, 0.25) is 5.91 Å². The predicted molar refractivity (Wildman–Crippen MR) is 138 cm³/mol. The molecule has 10 heteroatoms. The maximum absolute atomic E-state index is 13.4. The number of hydrogen-bond acceptors (Lipinski definition) is 8. The Hall–Kier alpha value is -3.11. The van der Waals surface area contributed by atoms with Crippen LogP contribution in [0.4, 0.5) is 5.69 Å². The van der Waals surface area contributed by atoms with Gasteiger partial charge in [0.1, 0.15) is 21.0 Å². The van der Waals surface area contributed by atoms with Crippen molar-refractivity contribution in [3.8, 4) is 11.5 Å². The van der Waals surface area contributed by atoms with E-state index in [1.54, 1.807) is 43.2 Å². The molecule has 0 aliphatic heterocycles. The Labute approximate surface area is 205 Å². The molecule has 8 nitrogen and oxygen atoms in total. The van der Waals surface area contributed by atoms with Crippen LogP contribution in [0, 0.1) is 5.92 Å². The third-order valence-corrected chi connectivity index (χ3v) is 7.33. The monoisotopic (exact) mass is 498 g/mol. The number of carbonyl (C=O) groups is 1. The van der Waals surface area contributed by atoms with E-state index in [9.17, 15) is 9.59 Å². The lowest BCUT2D eigenvalue weighted by Gasteiger charge is -2.14. The van der Waals surface area contributed by atoms with E-state index in [2.05, 4.69) is 24.1 Å². The molecule has 0 aliphatic carbocycles. The second-order valence-electron chi connectivity index (χ2n) is 8.07. The first-order valence-corrected chi connectivity index (χ1v) is 12.6. The molecule has 4 rings (SSSR count). The lowest BCUT2D eigenvalue weighted by Crippen LogP contribution is -2.24. The van der Waals surface area contributed by atoms with Gasteiger partial charge in [-0.2, -0.15) is 0 Å². The number of thioether (sulfide) groups is 1. The average molecular weight is 499 g/mol. The van der Waals surface area contributed by atoms with E-state index in [0.29, 0.717) is 45.0 Å². The van der Waals surface area contributed by atoms with Crippen LogP contribution in [0.25, 0.3) is 20.4 Å². The summed E-state index contributed by atoms with van der Waals surface area (Å²) in [6.07, 6.45) is 2.54. The number of nitrogens with one attached hydrogen (secondary N) is 1. The lowest BCUT2D eigenvalue weighted by molar-refractivity contribution is -0.113. The van der Waals surface area contributed by atoms with Crippen LogP contribution < -0.4 is 20.3 Å². The molecule has 0 unspecified atom stereocenters. The second-order valence-corrected chi connectivity index (χ2v) is 10.0. The highest BCUT2D eigenvalue weighted by molar-refractivity contribution is 7.99. The predicted octanol–water partition coefficient (Wildman–Crippen LogP) is 4.80. The van der Waals surface area contributed by atoms with Crippen molar-refractivity contribution < 1.29 is 14.3 Å². The molecule has 0 fully saturated rings. The standard InChI is InChI=1S/C24H26N4O4S2/c1-14(2)9-11-28-23(30)21-20(16-6-5-10-25-22(16)34-21)27-24(28)33-13-19(29)26-17-12-15(31-3)7-8-18(17)32-4/h5-8,10,12,14H,9,11,13H2,1-4H3,(H,26,29). The number of amides is 1. The smallest absolute Gasteiger partial charge is 0.272 e. The summed E-state index contributed by atoms with van der Waals surface area (Å²) in [6, 6.07) is 8.95. The number of nitrogens with zero attached hydrogens (tertiary/aromatic N) is 3. The van der Waals surface area contributed by atoms with Gasteiger partial charge in [0.05, 0.1) is 31.2 Å². The molecule has 0 atom stereocenters. The number of carbonyl (C=O) groups excluding carboxylic acids is 1. The SMILES string of the molecule is COc1ccc(OC)c(NC(=O)CSc2nc3c(sc4ncccc43)c(=O)n2CCC(C)C)c1. The van der Waals surface area contributed by atoms with Gasteiger partial charge in [0.15, 0.2) is 5.16 Å². The van der Waals surface area contributed by atoms with E-state index < -0.39 is 0 Å². The number of fused-ring (bicyclic) bond motifs is 3. The molecule has 1 amide bonds. The Kier molecular flexibility index (Phi) is 7.38. The number of thiophene rings is 1. The van der Waals surface area contributed by atoms with Crippen LogP contribution in [0.5, 0.6) is 11.5 Å². The molecule has 4 aromatic rings. The van der Waals surface area contributed by atoms with Crippen LogP contribution in [0.1, 0.15) is 20.3 Å². The van der Waals surface area contributed by atoms with Crippen molar-refractivity contribution in [1.29, 1.82) is 0 Å². The number of rotatable bonds is 9. The zero-order valence-electron chi connectivity index (χ0n) is 19.5. The van der Waals surface area contributed by atoms with Gasteiger partial charge in [-0.25, -0.2) is 9.97 Å². The van der Waals surface area contributed by atoms with Crippen molar-refractivity contribution in [2.45, 2.75) is 32.0 Å². The Balaban J connectivity index is 1.64. The number of aromatic nitrogens is 3. The van der Waals surface area contributed by atoms with Crippen molar-refractivity contribution >= 4 is 55.1 Å². The molecule has 1 aromatic carbocycles. The molecule has 34 heavy (non-hydrogen) atoms. The van der Waals surface area contributed by atoms with Gasteiger partial charge in [-0.3, -0.25) is 14.2 Å². The number of ether oxygens (including phenoxy) is 2. The second kappa shape index (κ2) is 10.4. The molecule has 1 N–H and O–H groups in total. The van der Waals surface area contributed by atoms with E-state index in [1.807, 2.05) is 12.1 Å². The van der Waals surface area contributed by atoms with Crippen molar-refractivity contribution in [3.63, 3.8) is 0 Å². The highest BCUT2D eigenvalue weighted by Crippen LogP contribution is 2.31. The molecule has 3 heterocycles. The van der Waals surface area contributed by atoms with Gasteiger partial charge in [-0.1, -0.05) is 25.6 Å². The largest absolute Gasteiger partial charge is 0.497 e. The summed E-state index contributed by atoms with van der Waals surface area (Å²) >= 11 is 2.60. The van der Waals surface area contributed by atoms with Crippen LogP contribution in [-0.4, -0.2) is 40.4 Å². The quantitative estimate of drug-likeness (QED) is 0.262. The van der Waals surface area contributed by atoms with Gasteiger partial charge in [0, 0.05) is 24.2 Å². The number of benzene rings is 1. The van der Waals surface area contributed by atoms with Crippen LogP contribution in [0.3, 0.4) is 0 Å². The van der Waals surface area contributed by atoms with Crippen LogP contribution in [0.2, 0.25) is 0 Å². The molecule has 0 bridgehead atoms. The Morgan fingerprint density at radius 3 is 2.79 bits per heavy atom. The average Bonchev–Trinajstić information content (AvgIpc) is 3.21. The molecule has 0 aliphatic rings. The van der Waals surface area contributed by atoms with E-state index in [-0.39, 0.29) is 17.2 Å². The van der Waals surface area contributed by atoms with Crippen LogP contribution in [0.15, 0.2) is 46.5 Å². The fourth-order valence-electron chi connectivity index (χ4n) is 3.46. The Bertz CT molecular complexity index is 1400. The molecular formula is C24H26N4O4S2. The van der Waals surface area contributed by atoms with Gasteiger partial charge in [-0.05, 0) is 36.6 Å². The van der Waals surface area contributed by atoms with Crippen LogP contribution >= 0.6 is 23.1 Å². The fraction of sp³-hybridized carbons (Fsp3) is 0.333. The summed E-state index contributed by atoms with van der Waals surface area (Å²) in [7, 11) is 3.10. The maximum atomic E-state index is 13.4. The summed E-state index contributed by atoms with van der Waals surface area (Å²) in [5, 5.41) is 4.24.